The SMILES string of the molecule is CC1C(=O)NC(=O)CN1C(=O)CNCC(F)(F)F. The maximum absolute atomic E-state index is 11.8. The number of hydrogen-bond acceptors (Lipinski definition) is 4. The Kier molecular flexibility index (Phi) is 4.28. The maximum atomic E-state index is 11.8. The lowest BCUT2D eigenvalue weighted by Crippen LogP contribution is -2.60. The molecular weight excluding hydrogens is 255 g/mol. The Balaban J connectivity index is 2.50. The monoisotopic (exact) mass is 267 g/mol. The van der Waals surface area contributed by atoms with Gasteiger partial charge in [-0.1, -0.05) is 0 Å². The first kappa shape index (κ1) is 14.4. The largest absolute Gasteiger partial charge is 0.401 e. The van der Waals surface area contributed by atoms with Gasteiger partial charge in [-0.3, -0.25) is 19.7 Å². The summed E-state index contributed by atoms with van der Waals surface area (Å²) in [6, 6.07) is -0.872. The summed E-state index contributed by atoms with van der Waals surface area (Å²) >= 11 is 0. The highest BCUT2D eigenvalue weighted by Crippen LogP contribution is 2.12. The summed E-state index contributed by atoms with van der Waals surface area (Å²) in [5.74, 6) is -2.02. The Morgan fingerprint density at radius 2 is 2.11 bits per heavy atom. The van der Waals surface area contributed by atoms with Crippen LogP contribution in [0.15, 0.2) is 0 Å². The predicted molar refractivity (Wildman–Crippen MR) is 53.2 cm³/mol. The van der Waals surface area contributed by atoms with E-state index in [0.29, 0.717) is 0 Å². The molecule has 3 amide bonds. The van der Waals surface area contributed by atoms with Crippen molar-refractivity contribution in [3.63, 3.8) is 0 Å². The van der Waals surface area contributed by atoms with E-state index in [-0.39, 0.29) is 6.54 Å². The Morgan fingerprint density at radius 1 is 1.50 bits per heavy atom. The van der Waals surface area contributed by atoms with Crippen LogP contribution in [0.25, 0.3) is 0 Å². The van der Waals surface area contributed by atoms with Crippen LogP contribution in [0.5, 0.6) is 0 Å². The van der Waals surface area contributed by atoms with Gasteiger partial charge in [0.2, 0.25) is 17.7 Å². The summed E-state index contributed by atoms with van der Waals surface area (Å²) in [6.45, 7) is -0.825. The van der Waals surface area contributed by atoms with Crippen LogP contribution >= 0.6 is 0 Å². The van der Waals surface area contributed by atoms with Crippen LogP contribution in [0.1, 0.15) is 6.92 Å². The summed E-state index contributed by atoms with van der Waals surface area (Å²) in [7, 11) is 0. The molecule has 0 aromatic heterocycles. The van der Waals surface area contributed by atoms with Gasteiger partial charge >= 0.3 is 6.18 Å². The summed E-state index contributed by atoms with van der Waals surface area (Å²) in [4.78, 5) is 34.8. The normalized spacial score (nSPS) is 20.9. The van der Waals surface area contributed by atoms with Crippen LogP contribution in [0.4, 0.5) is 13.2 Å². The number of halogens is 3. The molecule has 0 bridgehead atoms. The standard InChI is InChI=1S/C9H12F3N3O3/c1-5-8(18)14-6(16)3-15(5)7(17)2-13-4-9(10,11)12/h5,13H,2-4H2,1H3,(H,14,16,18). The highest BCUT2D eigenvalue weighted by Gasteiger charge is 2.34. The molecule has 6 nitrogen and oxygen atoms in total. The second-order valence-electron chi connectivity index (χ2n) is 3.83. The first-order valence-corrected chi connectivity index (χ1v) is 5.11. The molecule has 2 N–H and O–H groups in total. The molecule has 0 saturated carbocycles. The van der Waals surface area contributed by atoms with Crippen molar-refractivity contribution < 1.29 is 27.6 Å². The highest BCUT2D eigenvalue weighted by molar-refractivity contribution is 6.04. The number of alkyl halides is 3. The van der Waals surface area contributed by atoms with Gasteiger partial charge in [0.1, 0.15) is 12.6 Å². The van der Waals surface area contributed by atoms with Gasteiger partial charge in [-0.2, -0.15) is 13.2 Å². The minimum absolute atomic E-state index is 0.334. The van der Waals surface area contributed by atoms with E-state index in [1.807, 2.05) is 10.6 Å². The molecule has 102 valence electrons. The molecule has 1 atom stereocenters. The van der Waals surface area contributed by atoms with Crippen LogP contribution in [0.3, 0.4) is 0 Å². The van der Waals surface area contributed by atoms with E-state index >= 15 is 0 Å². The lowest BCUT2D eigenvalue weighted by atomic mass is 10.2. The third kappa shape index (κ3) is 3.99. The maximum Gasteiger partial charge on any atom is 0.401 e. The second kappa shape index (κ2) is 5.34. The fourth-order valence-electron chi connectivity index (χ4n) is 1.43. The van der Waals surface area contributed by atoms with Gasteiger partial charge in [0.15, 0.2) is 0 Å². The first-order chi connectivity index (χ1) is 8.20. The molecule has 18 heavy (non-hydrogen) atoms. The Labute approximate surface area is 100 Å². The molecule has 1 aliphatic heterocycles. The molecule has 0 aliphatic carbocycles. The number of carbonyl (C=O) groups is 3. The molecule has 0 spiro atoms. The van der Waals surface area contributed by atoms with Gasteiger partial charge in [0, 0.05) is 0 Å². The minimum Gasteiger partial charge on any atom is -0.321 e. The van der Waals surface area contributed by atoms with Crippen LogP contribution < -0.4 is 10.6 Å². The summed E-state index contributed by atoms with van der Waals surface area (Å²) in [5, 5.41) is 3.94. The van der Waals surface area contributed by atoms with Crippen LogP contribution in [0, 0.1) is 0 Å². The first-order valence-electron chi connectivity index (χ1n) is 5.11. The zero-order valence-corrected chi connectivity index (χ0v) is 9.50. The zero-order chi connectivity index (χ0) is 13.9. The molecule has 1 rings (SSSR count). The molecule has 9 heteroatoms. The number of hydrogen-bond donors (Lipinski definition) is 2. The average Bonchev–Trinajstić information content (AvgIpc) is 2.21. The van der Waals surface area contributed by atoms with E-state index in [2.05, 4.69) is 0 Å². The molecule has 0 radical (unpaired) electrons. The van der Waals surface area contributed by atoms with Crippen LogP contribution in [-0.2, 0) is 14.4 Å². The van der Waals surface area contributed by atoms with E-state index < -0.39 is 43.0 Å². The molecule has 1 fully saturated rings. The quantitative estimate of drug-likeness (QED) is 0.644. The molecular formula is C9H12F3N3O3. The Morgan fingerprint density at radius 3 is 2.67 bits per heavy atom. The number of nitrogens with zero attached hydrogens (tertiary/aromatic N) is 1. The van der Waals surface area contributed by atoms with Crippen molar-refractivity contribution >= 4 is 17.7 Å². The molecule has 0 aromatic rings. The predicted octanol–water partition coefficient (Wildman–Crippen LogP) is -0.988. The number of amides is 3. The van der Waals surface area contributed by atoms with Crippen molar-refractivity contribution in [2.45, 2.75) is 19.1 Å². The third-order valence-corrected chi connectivity index (χ3v) is 2.35. The van der Waals surface area contributed by atoms with Gasteiger partial charge in [0.25, 0.3) is 0 Å². The Hall–Kier alpha value is -1.64. The minimum atomic E-state index is -4.42. The van der Waals surface area contributed by atoms with Gasteiger partial charge in [-0.25, -0.2) is 0 Å². The Bertz CT molecular complexity index is 370. The van der Waals surface area contributed by atoms with E-state index in [1.54, 1.807) is 0 Å². The van der Waals surface area contributed by atoms with Gasteiger partial charge in [-0.15, -0.1) is 0 Å². The number of imide groups is 1. The van der Waals surface area contributed by atoms with Gasteiger partial charge in [0.05, 0.1) is 13.1 Å². The topological polar surface area (TPSA) is 78.5 Å². The smallest absolute Gasteiger partial charge is 0.321 e. The van der Waals surface area contributed by atoms with Crippen molar-refractivity contribution in [1.82, 2.24) is 15.5 Å². The number of carbonyl (C=O) groups excluding carboxylic acids is 3. The summed E-state index contributed by atoms with van der Waals surface area (Å²) in [5.41, 5.74) is 0. The lowest BCUT2D eigenvalue weighted by molar-refractivity contribution is -0.150. The van der Waals surface area contributed by atoms with E-state index in [1.165, 1.54) is 6.92 Å². The molecule has 1 heterocycles. The summed E-state index contributed by atoms with van der Waals surface area (Å²) < 4.78 is 35.5. The second-order valence-corrected chi connectivity index (χ2v) is 3.83. The van der Waals surface area contributed by atoms with E-state index in [0.717, 1.165) is 4.90 Å². The zero-order valence-electron chi connectivity index (χ0n) is 9.50. The van der Waals surface area contributed by atoms with Crippen molar-refractivity contribution in [3.05, 3.63) is 0 Å². The number of nitrogens with one attached hydrogen (secondary N) is 2. The number of rotatable bonds is 3. The molecule has 1 unspecified atom stereocenters. The molecule has 1 saturated heterocycles. The van der Waals surface area contributed by atoms with Crippen molar-refractivity contribution in [2.24, 2.45) is 0 Å². The molecule has 1 aliphatic rings. The molecule has 0 aromatic carbocycles. The van der Waals surface area contributed by atoms with Crippen molar-refractivity contribution in [3.8, 4) is 0 Å². The average molecular weight is 267 g/mol. The highest BCUT2D eigenvalue weighted by atomic mass is 19.4. The van der Waals surface area contributed by atoms with Crippen LogP contribution in [-0.4, -0.2) is 54.5 Å². The fraction of sp³-hybridized carbons (Fsp3) is 0.667. The van der Waals surface area contributed by atoms with Gasteiger partial charge < -0.3 is 10.2 Å². The lowest BCUT2D eigenvalue weighted by Gasteiger charge is -2.31. The van der Waals surface area contributed by atoms with Crippen molar-refractivity contribution in [2.75, 3.05) is 19.6 Å². The fourth-order valence-corrected chi connectivity index (χ4v) is 1.43. The number of piperazine rings is 1. The van der Waals surface area contributed by atoms with E-state index in [4.69, 9.17) is 0 Å². The van der Waals surface area contributed by atoms with Crippen molar-refractivity contribution in [1.29, 1.82) is 0 Å². The van der Waals surface area contributed by atoms with Crippen LogP contribution in [0.2, 0.25) is 0 Å². The van der Waals surface area contributed by atoms with Gasteiger partial charge in [-0.05, 0) is 6.92 Å². The van der Waals surface area contributed by atoms with E-state index in [9.17, 15) is 27.6 Å². The third-order valence-electron chi connectivity index (χ3n) is 2.35. The summed E-state index contributed by atoms with van der Waals surface area (Å²) in [6.07, 6.45) is -4.42.